The van der Waals surface area contributed by atoms with Gasteiger partial charge in [0.1, 0.15) is 5.76 Å². The lowest BCUT2D eigenvalue weighted by molar-refractivity contribution is 0.517. The molecule has 2 aliphatic heterocycles. The molecular formula is C23H21NO2S. The zero-order valence-electron chi connectivity index (χ0n) is 15.1. The molecule has 0 saturated carbocycles. The van der Waals surface area contributed by atoms with Crippen molar-refractivity contribution in [1.29, 1.82) is 0 Å². The second-order valence-electron chi connectivity index (χ2n) is 7.12. The molecule has 1 aromatic heterocycles. The molecule has 0 unspecified atom stereocenters. The molecule has 27 heavy (non-hydrogen) atoms. The standard InChI is InChI=1S/C23H21NO2S/c25-23-20(16-9-3-1-4-10-16)21(24-13-7-2-8-14-24)18-15-27-19-12-6-5-11-17(19)22(18)26-23/h1,3-6,9-12H,2,7-8,13-15H2. The van der Waals surface area contributed by atoms with Crippen molar-refractivity contribution in [2.45, 2.75) is 29.9 Å². The molecule has 3 nitrogen and oxygen atoms in total. The monoisotopic (exact) mass is 375 g/mol. The molecule has 0 radical (unpaired) electrons. The smallest absolute Gasteiger partial charge is 0.346 e. The molecule has 136 valence electrons. The van der Waals surface area contributed by atoms with E-state index in [0.717, 1.165) is 47.0 Å². The van der Waals surface area contributed by atoms with Gasteiger partial charge in [0.25, 0.3) is 0 Å². The summed E-state index contributed by atoms with van der Waals surface area (Å²) in [5.41, 5.74) is 4.73. The average Bonchev–Trinajstić information content (AvgIpc) is 2.74. The molecular weight excluding hydrogens is 354 g/mol. The van der Waals surface area contributed by atoms with Crippen LogP contribution in [0.15, 0.2) is 68.7 Å². The molecule has 4 heteroatoms. The lowest BCUT2D eigenvalue weighted by atomic mass is 9.97. The Labute approximate surface area is 163 Å². The number of benzene rings is 2. The second kappa shape index (κ2) is 6.93. The van der Waals surface area contributed by atoms with Crippen molar-refractivity contribution in [3.8, 4) is 22.5 Å². The van der Waals surface area contributed by atoms with E-state index in [1.54, 1.807) is 0 Å². The van der Waals surface area contributed by atoms with Gasteiger partial charge in [-0.2, -0.15) is 0 Å². The quantitative estimate of drug-likeness (QED) is 0.586. The summed E-state index contributed by atoms with van der Waals surface area (Å²) in [6.07, 6.45) is 3.61. The first-order chi connectivity index (χ1) is 13.3. The number of hydrogen-bond donors (Lipinski definition) is 0. The summed E-state index contributed by atoms with van der Waals surface area (Å²) in [5.74, 6) is 1.59. The number of hydrogen-bond acceptors (Lipinski definition) is 4. The van der Waals surface area contributed by atoms with Crippen LogP contribution in [-0.2, 0) is 5.75 Å². The highest BCUT2D eigenvalue weighted by Crippen LogP contribution is 2.47. The number of nitrogens with zero attached hydrogens (tertiary/aromatic N) is 1. The van der Waals surface area contributed by atoms with Gasteiger partial charge in [0.05, 0.1) is 11.3 Å². The van der Waals surface area contributed by atoms with Gasteiger partial charge in [0.15, 0.2) is 0 Å². The van der Waals surface area contributed by atoms with Crippen LogP contribution in [0.2, 0.25) is 0 Å². The van der Waals surface area contributed by atoms with E-state index < -0.39 is 0 Å². The second-order valence-corrected chi connectivity index (χ2v) is 8.14. The van der Waals surface area contributed by atoms with Crippen LogP contribution in [0.25, 0.3) is 22.5 Å². The van der Waals surface area contributed by atoms with Crippen molar-refractivity contribution in [3.63, 3.8) is 0 Å². The van der Waals surface area contributed by atoms with Crippen LogP contribution in [0.4, 0.5) is 5.69 Å². The van der Waals surface area contributed by atoms with E-state index in [1.165, 1.54) is 29.7 Å². The van der Waals surface area contributed by atoms with Crippen molar-refractivity contribution < 1.29 is 4.42 Å². The maximum absolute atomic E-state index is 13.2. The van der Waals surface area contributed by atoms with E-state index >= 15 is 0 Å². The van der Waals surface area contributed by atoms with E-state index in [1.807, 2.05) is 54.2 Å². The van der Waals surface area contributed by atoms with Gasteiger partial charge in [-0.05, 0) is 30.9 Å². The van der Waals surface area contributed by atoms with Gasteiger partial charge in [0.2, 0.25) is 0 Å². The number of piperidine rings is 1. The van der Waals surface area contributed by atoms with Gasteiger partial charge >= 0.3 is 5.63 Å². The van der Waals surface area contributed by atoms with E-state index in [2.05, 4.69) is 17.0 Å². The molecule has 2 aliphatic rings. The molecule has 1 fully saturated rings. The SMILES string of the molecule is O=c1oc2c(c(N3CCCCC3)c1-c1ccccc1)CSc1ccccc1-2. The van der Waals surface area contributed by atoms with Crippen molar-refractivity contribution >= 4 is 17.4 Å². The summed E-state index contributed by atoms with van der Waals surface area (Å²) >= 11 is 1.83. The Balaban J connectivity index is 1.80. The van der Waals surface area contributed by atoms with Gasteiger partial charge in [-0.1, -0.05) is 48.5 Å². The molecule has 0 atom stereocenters. The number of thioether (sulfide) groups is 1. The van der Waals surface area contributed by atoms with Gasteiger partial charge in [-0.25, -0.2) is 4.79 Å². The summed E-state index contributed by atoms with van der Waals surface area (Å²) < 4.78 is 5.95. The maximum Gasteiger partial charge on any atom is 0.346 e. The van der Waals surface area contributed by atoms with Crippen LogP contribution in [0.3, 0.4) is 0 Å². The van der Waals surface area contributed by atoms with Crippen LogP contribution < -0.4 is 10.5 Å². The van der Waals surface area contributed by atoms with Gasteiger partial charge in [0, 0.05) is 34.9 Å². The predicted molar refractivity (Wildman–Crippen MR) is 111 cm³/mol. The number of fused-ring (bicyclic) bond motifs is 3. The van der Waals surface area contributed by atoms with Gasteiger partial charge < -0.3 is 9.32 Å². The largest absolute Gasteiger partial charge is 0.422 e. The molecule has 0 N–H and O–H groups in total. The summed E-state index contributed by atoms with van der Waals surface area (Å²) in [6.45, 7) is 2.00. The zero-order chi connectivity index (χ0) is 18.2. The van der Waals surface area contributed by atoms with Crippen LogP contribution in [0.5, 0.6) is 0 Å². The normalized spacial score (nSPS) is 15.9. The van der Waals surface area contributed by atoms with Crippen LogP contribution in [0.1, 0.15) is 24.8 Å². The molecule has 3 aromatic rings. The van der Waals surface area contributed by atoms with E-state index in [0.29, 0.717) is 0 Å². The first-order valence-electron chi connectivity index (χ1n) is 9.55. The molecule has 0 amide bonds. The fourth-order valence-electron chi connectivity index (χ4n) is 4.17. The molecule has 3 heterocycles. The maximum atomic E-state index is 13.2. The van der Waals surface area contributed by atoms with E-state index in [9.17, 15) is 4.79 Å². The average molecular weight is 375 g/mol. The Morgan fingerprint density at radius 3 is 2.44 bits per heavy atom. The Bertz CT molecular complexity index is 1040. The van der Waals surface area contributed by atoms with Crippen molar-refractivity contribution in [2.24, 2.45) is 0 Å². The van der Waals surface area contributed by atoms with Crippen LogP contribution in [-0.4, -0.2) is 13.1 Å². The topological polar surface area (TPSA) is 33.5 Å². The first kappa shape index (κ1) is 16.7. The fourth-order valence-corrected chi connectivity index (χ4v) is 5.23. The van der Waals surface area contributed by atoms with Crippen LogP contribution in [0, 0.1) is 0 Å². The zero-order valence-corrected chi connectivity index (χ0v) is 15.9. The third-order valence-corrected chi connectivity index (χ3v) is 6.53. The number of anilines is 1. The van der Waals surface area contributed by atoms with Crippen molar-refractivity contribution in [1.82, 2.24) is 0 Å². The fraction of sp³-hybridized carbons (Fsp3) is 0.261. The molecule has 0 aliphatic carbocycles. The minimum absolute atomic E-state index is 0.234. The molecule has 0 bridgehead atoms. The summed E-state index contributed by atoms with van der Waals surface area (Å²) in [5, 5.41) is 0. The van der Waals surface area contributed by atoms with Gasteiger partial charge in [-0.3, -0.25) is 0 Å². The summed E-state index contributed by atoms with van der Waals surface area (Å²) in [6, 6.07) is 18.2. The minimum Gasteiger partial charge on any atom is -0.422 e. The molecule has 2 aromatic carbocycles. The van der Waals surface area contributed by atoms with Crippen molar-refractivity contribution in [2.75, 3.05) is 18.0 Å². The molecule has 1 saturated heterocycles. The van der Waals surface area contributed by atoms with Gasteiger partial charge in [-0.15, -0.1) is 11.8 Å². The highest BCUT2D eigenvalue weighted by atomic mass is 32.2. The predicted octanol–water partition coefficient (Wildman–Crippen LogP) is 5.57. The Morgan fingerprint density at radius 1 is 0.889 bits per heavy atom. The minimum atomic E-state index is -0.234. The Hall–Kier alpha value is -2.46. The Morgan fingerprint density at radius 2 is 1.63 bits per heavy atom. The van der Waals surface area contributed by atoms with E-state index in [4.69, 9.17) is 4.42 Å². The van der Waals surface area contributed by atoms with Crippen molar-refractivity contribution in [3.05, 3.63) is 70.6 Å². The lowest BCUT2D eigenvalue weighted by Gasteiger charge is -2.33. The molecule has 0 spiro atoms. The highest BCUT2D eigenvalue weighted by Gasteiger charge is 2.29. The summed E-state index contributed by atoms with van der Waals surface area (Å²) in [4.78, 5) is 16.8. The molecule has 5 rings (SSSR count). The third kappa shape index (κ3) is 2.88. The Kier molecular flexibility index (Phi) is 4.29. The first-order valence-corrected chi connectivity index (χ1v) is 10.5. The highest BCUT2D eigenvalue weighted by molar-refractivity contribution is 7.98. The van der Waals surface area contributed by atoms with E-state index in [-0.39, 0.29) is 5.63 Å². The lowest BCUT2D eigenvalue weighted by Crippen LogP contribution is -2.32. The van der Waals surface area contributed by atoms with Crippen LogP contribution >= 0.6 is 11.8 Å². The summed E-state index contributed by atoms with van der Waals surface area (Å²) in [7, 11) is 0. The third-order valence-electron chi connectivity index (χ3n) is 5.43. The number of rotatable bonds is 2.